The first-order valence-electron chi connectivity index (χ1n) is 9.90. The van der Waals surface area contributed by atoms with Crippen LogP contribution in [0.5, 0.6) is 0 Å². The Bertz CT molecular complexity index is 455. The Morgan fingerprint density at radius 3 is 1.81 bits per heavy atom. The quantitative estimate of drug-likeness (QED) is 0.703. The zero-order chi connectivity index (χ0) is 19.9. The van der Waals surface area contributed by atoms with Crippen molar-refractivity contribution in [1.82, 2.24) is 0 Å². The number of fused-ring (bicyclic) bond motifs is 1. The molecule has 2 aliphatic rings. The summed E-state index contributed by atoms with van der Waals surface area (Å²) in [5.74, 6) is 0. The fraction of sp³-hybridized carbons (Fsp3) is 1.00. The van der Waals surface area contributed by atoms with Crippen molar-refractivity contribution >= 4 is 17.1 Å². The van der Waals surface area contributed by atoms with Crippen molar-refractivity contribution < 1.29 is 27.5 Å². The fourth-order valence-corrected chi connectivity index (χ4v) is 15.5. The molecule has 8 heteroatoms. The normalized spacial score (nSPS) is 34.4. The number of methoxy groups -OCH3 is 1. The second-order valence-corrected chi connectivity index (χ2v) is 17.7. The van der Waals surface area contributed by atoms with Gasteiger partial charge in [0.1, 0.15) is 18.3 Å². The van der Waals surface area contributed by atoms with Gasteiger partial charge in [0.2, 0.25) is 0 Å². The predicted molar refractivity (Wildman–Crippen MR) is 105 cm³/mol. The second kappa shape index (κ2) is 8.28. The van der Waals surface area contributed by atoms with Crippen molar-refractivity contribution in [2.45, 2.75) is 102 Å². The molecule has 1 unspecified atom stereocenters. The summed E-state index contributed by atoms with van der Waals surface area (Å²) in [5, 5.41) is 10.7. The summed E-state index contributed by atoms with van der Waals surface area (Å²) in [6.45, 7) is 17.8. The fourth-order valence-electron chi connectivity index (χ4n) is 4.32. The van der Waals surface area contributed by atoms with Crippen LogP contribution in [-0.4, -0.2) is 60.5 Å². The number of aliphatic hydroxyl groups excluding tert-OH is 1. The number of hydrogen-bond acceptors (Lipinski definition) is 6. The average Bonchev–Trinajstić information content (AvgIpc) is 2.81. The lowest BCUT2D eigenvalue weighted by molar-refractivity contribution is -0.152. The van der Waals surface area contributed by atoms with Crippen molar-refractivity contribution in [2.24, 2.45) is 0 Å². The van der Waals surface area contributed by atoms with E-state index in [4.69, 9.17) is 22.4 Å². The summed E-state index contributed by atoms with van der Waals surface area (Å²) in [6, 6.07) is 0. The van der Waals surface area contributed by atoms with E-state index in [1.807, 2.05) is 0 Å². The SMILES string of the molecule is CO[C@@H]1O[C@@H]2CO[Si](C(C)C)(C(C)C)O[Si](C(C)C)(C(C)C)O[C@@H]2C1O. The highest BCUT2D eigenvalue weighted by Gasteiger charge is 2.61. The average molecular weight is 407 g/mol. The van der Waals surface area contributed by atoms with Crippen molar-refractivity contribution in [1.29, 1.82) is 0 Å². The van der Waals surface area contributed by atoms with Gasteiger partial charge in [0.25, 0.3) is 0 Å². The number of hydrogen-bond donors (Lipinski definition) is 1. The lowest BCUT2D eigenvalue weighted by Crippen LogP contribution is -2.65. The van der Waals surface area contributed by atoms with Crippen LogP contribution in [0.25, 0.3) is 0 Å². The van der Waals surface area contributed by atoms with Crippen LogP contribution in [0.1, 0.15) is 55.4 Å². The number of aliphatic hydroxyl groups is 1. The molecule has 0 saturated carbocycles. The molecule has 2 saturated heterocycles. The molecule has 0 aromatic carbocycles. The molecule has 6 nitrogen and oxygen atoms in total. The highest BCUT2D eigenvalue weighted by atomic mass is 28.5. The van der Waals surface area contributed by atoms with Gasteiger partial charge < -0.3 is 27.5 Å². The molecule has 0 bridgehead atoms. The zero-order valence-corrected chi connectivity index (χ0v) is 19.8. The predicted octanol–water partition coefficient (Wildman–Crippen LogP) is 3.68. The molecule has 0 aromatic rings. The number of ether oxygens (including phenoxy) is 2. The van der Waals surface area contributed by atoms with Crippen LogP contribution in [0, 0.1) is 0 Å². The van der Waals surface area contributed by atoms with Gasteiger partial charge >= 0.3 is 17.1 Å². The smallest absolute Gasteiger partial charge is 0.335 e. The van der Waals surface area contributed by atoms with Crippen LogP contribution in [0.3, 0.4) is 0 Å². The van der Waals surface area contributed by atoms with Crippen LogP contribution >= 0.6 is 0 Å². The molecule has 0 radical (unpaired) electrons. The van der Waals surface area contributed by atoms with Gasteiger partial charge in [-0.1, -0.05) is 55.4 Å². The van der Waals surface area contributed by atoms with Gasteiger partial charge in [-0.15, -0.1) is 0 Å². The van der Waals surface area contributed by atoms with Crippen molar-refractivity contribution in [2.75, 3.05) is 13.7 Å². The second-order valence-electron chi connectivity index (χ2n) is 8.83. The van der Waals surface area contributed by atoms with Gasteiger partial charge in [-0.25, -0.2) is 0 Å². The molecule has 0 aromatic heterocycles. The molecule has 154 valence electrons. The molecular formula is C18H38O6Si2. The Morgan fingerprint density at radius 2 is 1.38 bits per heavy atom. The zero-order valence-electron chi connectivity index (χ0n) is 17.8. The van der Waals surface area contributed by atoms with E-state index in [2.05, 4.69) is 55.4 Å². The van der Waals surface area contributed by atoms with E-state index < -0.39 is 35.6 Å². The molecule has 0 amide bonds. The van der Waals surface area contributed by atoms with Gasteiger partial charge in [0.05, 0.1) is 6.61 Å². The summed E-state index contributed by atoms with van der Waals surface area (Å²) in [5.41, 5.74) is 1.03. The van der Waals surface area contributed by atoms with Crippen molar-refractivity contribution in [3.63, 3.8) is 0 Å². The van der Waals surface area contributed by atoms with Crippen LogP contribution < -0.4 is 0 Å². The molecule has 0 spiro atoms. The van der Waals surface area contributed by atoms with Crippen LogP contribution in [-0.2, 0) is 22.4 Å². The van der Waals surface area contributed by atoms with Crippen LogP contribution in [0.4, 0.5) is 0 Å². The molecule has 4 atom stereocenters. The maximum atomic E-state index is 10.7. The highest BCUT2D eigenvalue weighted by molar-refractivity contribution is 6.83. The molecule has 2 rings (SSSR count). The Balaban J connectivity index is 2.52. The number of rotatable bonds is 5. The van der Waals surface area contributed by atoms with Crippen LogP contribution in [0.2, 0.25) is 22.2 Å². The van der Waals surface area contributed by atoms with Gasteiger partial charge in [-0.3, -0.25) is 0 Å². The lowest BCUT2D eigenvalue weighted by Gasteiger charge is -2.51. The minimum absolute atomic E-state index is 0.225. The van der Waals surface area contributed by atoms with Gasteiger partial charge in [0.15, 0.2) is 6.29 Å². The molecule has 2 heterocycles. The van der Waals surface area contributed by atoms with E-state index in [0.717, 1.165) is 0 Å². The monoisotopic (exact) mass is 406 g/mol. The van der Waals surface area contributed by atoms with E-state index >= 15 is 0 Å². The summed E-state index contributed by atoms with van der Waals surface area (Å²) in [4.78, 5) is 0. The Morgan fingerprint density at radius 1 is 0.885 bits per heavy atom. The molecule has 2 aliphatic heterocycles. The van der Waals surface area contributed by atoms with E-state index in [-0.39, 0.29) is 28.3 Å². The van der Waals surface area contributed by atoms with Gasteiger partial charge in [-0.05, 0) is 22.2 Å². The van der Waals surface area contributed by atoms with Crippen LogP contribution in [0.15, 0.2) is 0 Å². The molecule has 2 fully saturated rings. The third kappa shape index (κ3) is 3.71. The van der Waals surface area contributed by atoms with E-state index in [9.17, 15) is 5.11 Å². The summed E-state index contributed by atoms with van der Waals surface area (Å²) < 4.78 is 31.6. The van der Waals surface area contributed by atoms with Gasteiger partial charge in [-0.2, -0.15) is 0 Å². The third-order valence-electron chi connectivity index (χ3n) is 5.85. The minimum Gasteiger partial charge on any atom is -0.414 e. The first kappa shape index (κ1) is 22.5. The molecule has 1 N–H and O–H groups in total. The topological polar surface area (TPSA) is 66.4 Å². The lowest BCUT2D eigenvalue weighted by atomic mass is 10.1. The Labute approximate surface area is 161 Å². The highest BCUT2D eigenvalue weighted by Crippen LogP contribution is 2.47. The summed E-state index contributed by atoms with van der Waals surface area (Å²) in [6.07, 6.45) is -2.35. The summed E-state index contributed by atoms with van der Waals surface area (Å²) in [7, 11) is -3.73. The van der Waals surface area contributed by atoms with E-state index in [1.165, 1.54) is 0 Å². The Kier molecular flexibility index (Phi) is 7.16. The Hall–Kier alpha value is 0.194. The van der Waals surface area contributed by atoms with Gasteiger partial charge in [0, 0.05) is 7.11 Å². The first-order chi connectivity index (χ1) is 12.0. The molecule has 26 heavy (non-hydrogen) atoms. The largest absolute Gasteiger partial charge is 0.414 e. The maximum Gasteiger partial charge on any atom is 0.335 e. The van der Waals surface area contributed by atoms with E-state index in [1.54, 1.807) is 7.11 Å². The molecule has 0 aliphatic carbocycles. The van der Waals surface area contributed by atoms with Crippen molar-refractivity contribution in [3.05, 3.63) is 0 Å². The maximum absolute atomic E-state index is 10.7. The summed E-state index contributed by atoms with van der Waals surface area (Å²) >= 11 is 0. The standard InChI is InChI=1S/C18H38O6Si2/c1-11(2)25(12(3)4)21-10-15-17(16(19)18(20-9)22-15)23-26(24-25,13(5)6)14(7)8/h11-19H,10H2,1-9H3/t15-,16?,17+,18-/m1/s1. The van der Waals surface area contributed by atoms with E-state index in [0.29, 0.717) is 6.61 Å². The third-order valence-corrected chi connectivity index (χ3v) is 16.1. The molecular weight excluding hydrogens is 368 g/mol. The first-order valence-corrected chi connectivity index (χ1v) is 13.8. The van der Waals surface area contributed by atoms with Crippen molar-refractivity contribution in [3.8, 4) is 0 Å². The minimum atomic E-state index is -2.71.